The summed E-state index contributed by atoms with van der Waals surface area (Å²) in [5.74, 6) is 0.802. The van der Waals surface area contributed by atoms with Crippen LogP contribution in [-0.2, 0) is 9.59 Å². The number of carbonyl (C=O) groups is 3. The van der Waals surface area contributed by atoms with Gasteiger partial charge in [0.1, 0.15) is 11.5 Å². The third-order valence-electron chi connectivity index (χ3n) is 3.26. The number of rotatable bonds is 4. The van der Waals surface area contributed by atoms with Gasteiger partial charge in [0, 0.05) is 11.8 Å². The maximum atomic E-state index is 10.4. The van der Waals surface area contributed by atoms with Crippen molar-refractivity contribution in [1.29, 1.82) is 0 Å². The number of furan rings is 1. The molecule has 0 aliphatic heterocycles. The molecule has 202 valence electrons. The van der Waals surface area contributed by atoms with Crippen LogP contribution in [0.25, 0.3) is 11.1 Å². The van der Waals surface area contributed by atoms with E-state index in [4.69, 9.17) is 9.52 Å². The van der Waals surface area contributed by atoms with E-state index in [2.05, 4.69) is 16.9 Å². The number of aldehydes is 1. The van der Waals surface area contributed by atoms with Crippen LogP contribution in [0.2, 0.25) is 0 Å². The Hall–Kier alpha value is -3.74. The lowest BCUT2D eigenvalue weighted by molar-refractivity contribution is -0.116. The van der Waals surface area contributed by atoms with E-state index in [0.29, 0.717) is 41.7 Å². The van der Waals surface area contributed by atoms with Crippen molar-refractivity contribution in [1.82, 2.24) is 4.98 Å². The minimum absolute atomic E-state index is 0.218. The number of amides is 1. The highest BCUT2D eigenvalue weighted by atomic mass is 16.3. The minimum Gasteiger partial charge on any atom is -0.508 e. The molecule has 36 heavy (non-hydrogen) atoms. The fourth-order valence-electron chi connectivity index (χ4n) is 1.70. The van der Waals surface area contributed by atoms with Crippen LogP contribution >= 0.6 is 0 Å². The number of allylic oxidation sites excluding steroid dienone is 1. The van der Waals surface area contributed by atoms with Crippen molar-refractivity contribution >= 4 is 35.3 Å². The third kappa shape index (κ3) is 22.1. The summed E-state index contributed by atoms with van der Waals surface area (Å²) in [5, 5.41) is 11.9. The summed E-state index contributed by atoms with van der Waals surface area (Å²) in [6, 6.07) is 10.3. The average Bonchev–Trinajstić information content (AvgIpc) is 3.33. The Balaban J connectivity index is -0.000000199. The van der Waals surface area contributed by atoms with Crippen molar-refractivity contribution in [3.8, 4) is 5.75 Å². The second-order valence-electron chi connectivity index (χ2n) is 5.95. The second kappa shape index (κ2) is 29.3. The molecule has 1 aromatic carbocycles. The highest BCUT2D eigenvalue weighted by Gasteiger charge is 2.04. The molecule has 0 saturated heterocycles. The van der Waals surface area contributed by atoms with Crippen molar-refractivity contribution < 1.29 is 23.9 Å². The van der Waals surface area contributed by atoms with Crippen LogP contribution in [0.15, 0.2) is 59.7 Å². The van der Waals surface area contributed by atoms with Gasteiger partial charge in [-0.2, -0.15) is 0 Å². The smallest absolute Gasteiger partial charge is 0.226 e. The lowest BCUT2D eigenvalue weighted by Crippen LogP contribution is -1.93. The van der Waals surface area contributed by atoms with Crippen LogP contribution in [0.4, 0.5) is 5.69 Å². The van der Waals surface area contributed by atoms with Crippen LogP contribution in [0.5, 0.6) is 5.75 Å². The van der Waals surface area contributed by atoms with E-state index in [9.17, 15) is 14.4 Å². The summed E-state index contributed by atoms with van der Waals surface area (Å²) < 4.78 is 5.06. The van der Waals surface area contributed by atoms with Gasteiger partial charge in [-0.05, 0) is 45.0 Å². The summed E-state index contributed by atoms with van der Waals surface area (Å²) in [6.07, 6.45) is 5.03. The first-order valence-corrected chi connectivity index (χ1v) is 12.2. The molecule has 0 aliphatic carbocycles. The number of Topliss-reactive ketones (excluding diaryl/α,β-unsaturated/α-hetero) is 1. The summed E-state index contributed by atoms with van der Waals surface area (Å²) in [6.45, 7) is 22.7. The summed E-state index contributed by atoms with van der Waals surface area (Å²) in [4.78, 5) is 34.3. The van der Waals surface area contributed by atoms with Gasteiger partial charge in [0.05, 0.1) is 11.9 Å². The molecule has 0 aliphatic rings. The van der Waals surface area contributed by atoms with E-state index in [1.165, 1.54) is 11.8 Å². The Morgan fingerprint density at radius 3 is 1.89 bits per heavy atom. The first kappa shape index (κ1) is 39.5. The monoisotopic (exact) mass is 502 g/mol. The summed E-state index contributed by atoms with van der Waals surface area (Å²) in [5.41, 5.74) is 2.11. The first-order chi connectivity index (χ1) is 17.3. The molecule has 0 atom stereocenters. The highest BCUT2D eigenvalue weighted by molar-refractivity contribution is 5.86. The molecule has 2 heterocycles. The SMILES string of the molecule is C=CC.CC.CC.CC.CCC(C)=O.Cc1ccc(O)cc1.O=CNc1cnc2oc(C=O)cc2c1. The number of aromatic nitrogens is 1. The normalized spacial score (nSPS) is 7.83. The molecule has 2 N–H and O–H groups in total. The van der Waals surface area contributed by atoms with E-state index in [1.807, 2.05) is 74.4 Å². The number of ketones is 1. The second-order valence-corrected chi connectivity index (χ2v) is 5.95. The van der Waals surface area contributed by atoms with Gasteiger partial charge < -0.3 is 19.6 Å². The molecule has 3 rings (SSSR count). The number of aromatic hydroxyl groups is 1. The number of phenols is 1. The average molecular weight is 503 g/mol. The Morgan fingerprint density at radius 1 is 1.06 bits per heavy atom. The number of pyridine rings is 1. The highest BCUT2D eigenvalue weighted by Crippen LogP contribution is 2.19. The topological polar surface area (TPSA) is 110 Å². The first-order valence-electron chi connectivity index (χ1n) is 12.2. The number of hydrogen-bond acceptors (Lipinski definition) is 6. The predicted molar refractivity (Wildman–Crippen MR) is 153 cm³/mol. The van der Waals surface area contributed by atoms with E-state index >= 15 is 0 Å². The number of anilines is 1. The van der Waals surface area contributed by atoms with Crippen LogP contribution in [0, 0.1) is 6.92 Å². The maximum Gasteiger partial charge on any atom is 0.226 e. The fourth-order valence-corrected chi connectivity index (χ4v) is 1.70. The van der Waals surface area contributed by atoms with Gasteiger partial charge in [-0.3, -0.25) is 9.59 Å². The van der Waals surface area contributed by atoms with Gasteiger partial charge in [-0.25, -0.2) is 4.98 Å². The molecule has 7 nitrogen and oxygen atoms in total. The Bertz CT molecular complexity index is 911. The van der Waals surface area contributed by atoms with Gasteiger partial charge in [-0.1, -0.05) is 72.2 Å². The molecule has 3 aromatic rings. The largest absolute Gasteiger partial charge is 0.508 e. The number of carbonyl (C=O) groups excluding carboxylic acids is 3. The Kier molecular flexibility index (Phi) is 32.1. The lowest BCUT2D eigenvalue weighted by atomic mass is 10.2. The molecule has 0 radical (unpaired) electrons. The zero-order chi connectivity index (χ0) is 28.9. The van der Waals surface area contributed by atoms with Gasteiger partial charge in [0.15, 0.2) is 12.0 Å². The van der Waals surface area contributed by atoms with E-state index in [0.717, 1.165) is 0 Å². The van der Waals surface area contributed by atoms with Crippen molar-refractivity contribution in [2.45, 2.75) is 75.7 Å². The standard InChI is InChI=1S/C9H6N2O3.C7H8O.C4H8O.C3H6.3C2H6/c12-4-8-2-6-1-7(11-5-13)3-10-9(6)14-8;1-6-2-4-7(8)5-3-6;1-3-4(2)5;1-3-2;3*1-2/h1-5H,(H,11,13);2-5,8H,1H3;3H2,1-2H3;3H,1H2,2H3;3*1-2H3. The minimum atomic E-state index is 0.218. The third-order valence-corrected chi connectivity index (χ3v) is 3.26. The van der Waals surface area contributed by atoms with Crippen LogP contribution in [-0.4, -0.2) is 28.6 Å². The fraction of sp³-hybridized carbons (Fsp3) is 0.379. The number of nitrogens with zero attached hydrogens (tertiary/aromatic N) is 1. The van der Waals surface area contributed by atoms with Crippen molar-refractivity contribution in [3.63, 3.8) is 0 Å². The van der Waals surface area contributed by atoms with Crippen molar-refractivity contribution in [2.75, 3.05) is 5.32 Å². The molecular formula is C29H46N2O5. The predicted octanol–water partition coefficient (Wildman–Crippen LogP) is 8.17. The van der Waals surface area contributed by atoms with Gasteiger partial charge in [0.2, 0.25) is 12.1 Å². The van der Waals surface area contributed by atoms with Crippen molar-refractivity contribution in [2.24, 2.45) is 0 Å². The Morgan fingerprint density at radius 2 is 1.53 bits per heavy atom. The van der Waals surface area contributed by atoms with Crippen LogP contribution < -0.4 is 5.32 Å². The van der Waals surface area contributed by atoms with Crippen LogP contribution in [0.1, 0.15) is 84.9 Å². The number of nitrogens with one attached hydrogen (secondary N) is 1. The lowest BCUT2D eigenvalue weighted by Gasteiger charge is -1.95. The molecule has 0 fully saturated rings. The number of benzene rings is 1. The zero-order valence-corrected chi connectivity index (χ0v) is 23.7. The van der Waals surface area contributed by atoms with Gasteiger partial charge in [0.25, 0.3) is 0 Å². The molecule has 2 aromatic heterocycles. The van der Waals surface area contributed by atoms with Crippen molar-refractivity contribution in [3.05, 3.63) is 66.6 Å². The zero-order valence-electron chi connectivity index (χ0n) is 23.7. The molecule has 0 saturated carbocycles. The molecule has 7 heteroatoms. The molecule has 0 spiro atoms. The number of hydrogen-bond donors (Lipinski definition) is 2. The summed E-state index contributed by atoms with van der Waals surface area (Å²) >= 11 is 0. The summed E-state index contributed by atoms with van der Waals surface area (Å²) in [7, 11) is 0. The molecule has 0 unspecified atom stereocenters. The van der Waals surface area contributed by atoms with Crippen LogP contribution in [0.3, 0.4) is 0 Å². The number of aryl methyl sites for hydroxylation is 1. The molecule has 1 amide bonds. The van der Waals surface area contributed by atoms with E-state index < -0.39 is 0 Å². The van der Waals surface area contributed by atoms with E-state index in [1.54, 1.807) is 37.3 Å². The van der Waals surface area contributed by atoms with Gasteiger partial charge in [-0.15, -0.1) is 6.58 Å². The maximum absolute atomic E-state index is 10.4. The number of fused-ring (bicyclic) bond motifs is 1. The van der Waals surface area contributed by atoms with E-state index in [-0.39, 0.29) is 11.5 Å². The Labute approximate surface area is 217 Å². The van der Waals surface area contributed by atoms with Gasteiger partial charge >= 0.3 is 0 Å². The quantitative estimate of drug-likeness (QED) is 0.275. The molecule has 0 bridgehead atoms. The molecular weight excluding hydrogens is 456 g/mol. The number of phenolic OH excluding ortho intramolecular Hbond substituents is 1.